The maximum atomic E-state index is 13.6. The molecule has 2 aromatic rings. The molecule has 1 saturated heterocycles. The molecule has 7 heteroatoms. The molecule has 1 N–H and O–H groups in total. The molecule has 2 aliphatic heterocycles. The van der Waals surface area contributed by atoms with E-state index in [9.17, 15) is 9.90 Å². The first kappa shape index (κ1) is 26.2. The summed E-state index contributed by atoms with van der Waals surface area (Å²) in [5.74, 6) is 7.06. The van der Waals surface area contributed by atoms with Crippen molar-refractivity contribution in [2.75, 3.05) is 46.5 Å². The van der Waals surface area contributed by atoms with Crippen molar-refractivity contribution in [3.05, 3.63) is 59.3 Å². The smallest absolute Gasteiger partial charge is 0.259 e. The summed E-state index contributed by atoms with van der Waals surface area (Å²) >= 11 is 0. The summed E-state index contributed by atoms with van der Waals surface area (Å²) in [6.45, 7) is 7.73. The number of benzene rings is 1. The fraction of sp³-hybridized carbons (Fsp3) is 0.517. The maximum absolute atomic E-state index is 13.6. The summed E-state index contributed by atoms with van der Waals surface area (Å²) < 4.78 is 11.9. The number of rotatable bonds is 6. The van der Waals surface area contributed by atoms with E-state index in [0.29, 0.717) is 29.5 Å². The lowest BCUT2D eigenvalue weighted by molar-refractivity contribution is 0.0254. The van der Waals surface area contributed by atoms with E-state index < -0.39 is 0 Å². The molecular formula is C29H37N3O4. The Balaban J connectivity index is 1.59. The van der Waals surface area contributed by atoms with Gasteiger partial charge in [-0.3, -0.25) is 4.79 Å². The molecule has 0 aliphatic carbocycles. The minimum atomic E-state index is -0.314. The second-order valence-corrected chi connectivity index (χ2v) is 10.1. The SMILES string of the molecule is C[C@@H]1CN([C@H](C)CO)C(=O)c2cc(C#Cc3ccccc3)cnc2O[C@H]1CN(C)CC1CCOCC1. The molecular weight excluding hydrogens is 454 g/mol. The number of pyridine rings is 1. The Kier molecular flexibility index (Phi) is 8.98. The molecule has 192 valence electrons. The number of likely N-dealkylation sites (N-methyl/N-ethyl adjacent to an activating group) is 1. The van der Waals surface area contributed by atoms with Crippen molar-refractivity contribution in [3.8, 4) is 17.7 Å². The fourth-order valence-corrected chi connectivity index (χ4v) is 4.81. The van der Waals surface area contributed by atoms with Crippen molar-refractivity contribution >= 4 is 5.91 Å². The van der Waals surface area contributed by atoms with Gasteiger partial charge in [0, 0.05) is 56.1 Å². The van der Waals surface area contributed by atoms with Gasteiger partial charge in [0.25, 0.3) is 5.91 Å². The predicted molar refractivity (Wildman–Crippen MR) is 139 cm³/mol. The van der Waals surface area contributed by atoms with Crippen molar-refractivity contribution in [2.24, 2.45) is 11.8 Å². The Labute approximate surface area is 214 Å². The zero-order valence-corrected chi connectivity index (χ0v) is 21.5. The molecule has 0 unspecified atom stereocenters. The van der Waals surface area contributed by atoms with Gasteiger partial charge < -0.3 is 24.4 Å². The zero-order valence-electron chi connectivity index (χ0n) is 21.5. The average molecular weight is 492 g/mol. The van der Waals surface area contributed by atoms with Crippen molar-refractivity contribution < 1.29 is 19.4 Å². The highest BCUT2D eigenvalue weighted by Crippen LogP contribution is 2.27. The van der Waals surface area contributed by atoms with Crippen LogP contribution < -0.4 is 4.74 Å². The van der Waals surface area contributed by atoms with Crippen molar-refractivity contribution in [2.45, 2.75) is 38.8 Å². The van der Waals surface area contributed by atoms with E-state index in [1.807, 2.05) is 37.3 Å². The molecule has 0 bridgehead atoms. The number of hydrogen-bond acceptors (Lipinski definition) is 6. The van der Waals surface area contributed by atoms with Gasteiger partial charge in [0.1, 0.15) is 11.7 Å². The topological polar surface area (TPSA) is 75.1 Å². The van der Waals surface area contributed by atoms with Crippen molar-refractivity contribution in [1.29, 1.82) is 0 Å². The van der Waals surface area contributed by atoms with Crippen LogP contribution in [-0.2, 0) is 4.74 Å². The first-order chi connectivity index (χ1) is 17.4. The van der Waals surface area contributed by atoms with Gasteiger partial charge in [-0.25, -0.2) is 4.98 Å². The number of amides is 1. The standard InChI is InChI=1S/C29H37N3O4/c1-21-17-32(22(2)20-33)29(34)26-15-25(10-9-23-7-5-4-6-8-23)16-30-28(26)36-27(21)19-31(3)18-24-11-13-35-14-12-24/h4-8,15-16,21-22,24,27,33H,11-14,17-20H2,1-3H3/t21-,22-,27+/m1/s1. The molecule has 2 aliphatic rings. The summed E-state index contributed by atoms with van der Waals surface area (Å²) in [4.78, 5) is 22.2. The molecule has 3 atom stereocenters. The van der Waals surface area contributed by atoms with Crippen molar-refractivity contribution in [1.82, 2.24) is 14.8 Å². The van der Waals surface area contributed by atoms with Crippen LogP contribution in [0.3, 0.4) is 0 Å². The molecule has 0 saturated carbocycles. The molecule has 36 heavy (non-hydrogen) atoms. The van der Waals surface area contributed by atoms with E-state index in [0.717, 1.165) is 44.7 Å². The van der Waals surface area contributed by atoms with Crippen LogP contribution in [0, 0.1) is 23.7 Å². The monoisotopic (exact) mass is 491 g/mol. The number of hydrogen-bond donors (Lipinski definition) is 1. The number of aliphatic hydroxyl groups is 1. The van der Waals surface area contributed by atoms with E-state index in [1.165, 1.54) is 0 Å². The van der Waals surface area contributed by atoms with Gasteiger partial charge in [0.15, 0.2) is 0 Å². The summed E-state index contributed by atoms with van der Waals surface area (Å²) in [6.07, 6.45) is 3.68. The van der Waals surface area contributed by atoms with Gasteiger partial charge in [0.2, 0.25) is 5.88 Å². The van der Waals surface area contributed by atoms with E-state index in [-0.39, 0.29) is 30.6 Å². The van der Waals surface area contributed by atoms with Crippen LogP contribution in [0.5, 0.6) is 5.88 Å². The normalized spacial score (nSPS) is 21.6. The number of aromatic nitrogens is 1. The van der Waals surface area contributed by atoms with Gasteiger partial charge >= 0.3 is 0 Å². The van der Waals surface area contributed by atoms with E-state index in [2.05, 4.69) is 35.7 Å². The first-order valence-corrected chi connectivity index (χ1v) is 12.9. The lowest BCUT2D eigenvalue weighted by atomic mass is 9.97. The average Bonchev–Trinajstić information content (AvgIpc) is 2.90. The maximum Gasteiger partial charge on any atom is 0.259 e. The number of carbonyl (C=O) groups is 1. The van der Waals surface area contributed by atoms with Crippen LogP contribution in [0.2, 0.25) is 0 Å². The Hall–Kier alpha value is -2.92. The highest BCUT2D eigenvalue weighted by molar-refractivity contribution is 5.97. The summed E-state index contributed by atoms with van der Waals surface area (Å²) in [6, 6.07) is 11.2. The molecule has 7 nitrogen and oxygen atoms in total. The van der Waals surface area contributed by atoms with Crippen LogP contribution in [0.25, 0.3) is 0 Å². The minimum Gasteiger partial charge on any atom is -0.472 e. The predicted octanol–water partition coefficient (Wildman–Crippen LogP) is 3.06. The highest BCUT2D eigenvalue weighted by atomic mass is 16.5. The number of ether oxygens (including phenoxy) is 2. The Bertz CT molecular complexity index is 1070. The Morgan fingerprint density at radius 1 is 1.17 bits per heavy atom. The summed E-state index contributed by atoms with van der Waals surface area (Å²) in [5.41, 5.74) is 1.93. The molecule has 1 aromatic heterocycles. The third-order valence-electron chi connectivity index (χ3n) is 7.05. The third kappa shape index (κ3) is 6.64. The van der Waals surface area contributed by atoms with Gasteiger partial charge in [-0.2, -0.15) is 0 Å². The summed E-state index contributed by atoms with van der Waals surface area (Å²) in [7, 11) is 2.13. The molecule has 0 radical (unpaired) electrons. The van der Waals surface area contributed by atoms with Gasteiger partial charge in [-0.05, 0) is 50.9 Å². The van der Waals surface area contributed by atoms with E-state index in [1.54, 1.807) is 17.2 Å². The van der Waals surface area contributed by atoms with Crippen LogP contribution in [0.1, 0.15) is 48.2 Å². The van der Waals surface area contributed by atoms with Crippen LogP contribution >= 0.6 is 0 Å². The quantitative estimate of drug-likeness (QED) is 0.626. The molecule has 1 fully saturated rings. The van der Waals surface area contributed by atoms with Crippen LogP contribution in [-0.4, -0.2) is 84.4 Å². The van der Waals surface area contributed by atoms with Crippen LogP contribution in [0.4, 0.5) is 0 Å². The molecule has 1 amide bonds. The van der Waals surface area contributed by atoms with Gasteiger partial charge in [-0.15, -0.1) is 0 Å². The number of fused-ring (bicyclic) bond motifs is 1. The lowest BCUT2D eigenvalue weighted by Gasteiger charge is -2.38. The number of carbonyl (C=O) groups excluding carboxylic acids is 1. The number of nitrogens with zero attached hydrogens (tertiary/aromatic N) is 3. The third-order valence-corrected chi connectivity index (χ3v) is 7.05. The van der Waals surface area contributed by atoms with Gasteiger partial charge in [-0.1, -0.05) is 37.0 Å². The van der Waals surface area contributed by atoms with E-state index >= 15 is 0 Å². The minimum absolute atomic E-state index is 0.0626. The molecule has 0 spiro atoms. The second kappa shape index (κ2) is 12.4. The largest absolute Gasteiger partial charge is 0.472 e. The van der Waals surface area contributed by atoms with E-state index in [4.69, 9.17) is 9.47 Å². The Morgan fingerprint density at radius 2 is 1.89 bits per heavy atom. The molecule has 3 heterocycles. The Morgan fingerprint density at radius 3 is 2.61 bits per heavy atom. The second-order valence-electron chi connectivity index (χ2n) is 10.1. The summed E-state index contributed by atoms with van der Waals surface area (Å²) in [5, 5.41) is 9.88. The van der Waals surface area contributed by atoms with Crippen LogP contribution in [0.15, 0.2) is 42.6 Å². The number of aliphatic hydroxyl groups excluding tert-OH is 1. The zero-order chi connectivity index (χ0) is 25.5. The first-order valence-electron chi connectivity index (χ1n) is 12.9. The molecule has 4 rings (SSSR count). The fourth-order valence-electron chi connectivity index (χ4n) is 4.81. The van der Waals surface area contributed by atoms with Gasteiger partial charge in [0.05, 0.1) is 12.6 Å². The molecule has 1 aromatic carbocycles. The highest BCUT2D eigenvalue weighted by Gasteiger charge is 2.34. The lowest BCUT2D eigenvalue weighted by Crippen LogP contribution is -2.50. The van der Waals surface area contributed by atoms with Crippen molar-refractivity contribution in [3.63, 3.8) is 0 Å².